The monoisotopic (exact) mass is 433 g/mol. The molecular formula is C10H15F6N4O4S2+. The molecule has 0 amide bonds. The predicted octanol–water partition coefficient (Wildman–Crippen LogP) is 0.392. The van der Waals surface area contributed by atoms with Crippen molar-refractivity contribution >= 4 is 20.0 Å². The number of halogens is 6. The van der Waals surface area contributed by atoms with E-state index in [1.807, 2.05) is 0 Å². The molecule has 1 aromatic rings. The molecule has 1 heterocycles. The maximum absolute atomic E-state index is 12.2. The quantitative estimate of drug-likeness (QED) is 0.334. The van der Waals surface area contributed by atoms with Crippen LogP contribution in [0.4, 0.5) is 26.3 Å². The van der Waals surface area contributed by atoms with Gasteiger partial charge in [0, 0.05) is 6.54 Å². The Bertz CT molecular complexity index is 800. The van der Waals surface area contributed by atoms with Crippen LogP contribution in [0, 0.1) is 0 Å². The summed E-state index contributed by atoms with van der Waals surface area (Å²) in [5, 5.41) is 0. The molecule has 0 spiro atoms. The summed E-state index contributed by atoms with van der Waals surface area (Å²) in [6.45, 7) is -0.874. The maximum Gasteiger partial charge on any atom is 0.511 e. The normalized spacial score (nSPS) is 13.9. The molecule has 0 bridgehead atoms. The highest BCUT2D eigenvalue weighted by Gasteiger charge is 2.46. The molecule has 0 saturated heterocycles. The Hall–Kier alpha value is -1.39. The third-order valence-corrected chi connectivity index (χ3v) is 5.24. The number of nitrogens with one attached hydrogen (secondary N) is 2. The van der Waals surface area contributed by atoms with Crippen molar-refractivity contribution in [2.75, 3.05) is 6.54 Å². The van der Waals surface area contributed by atoms with Gasteiger partial charge < -0.3 is 0 Å². The SMILES string of the molecule is O=S(=O)(NCCCCn1cc[n+](CNS(=O)(=O)C(F)(F)F)c1)C(F)(F)F. The smallest absolute Gasteiger partial charge is 0.237 e. The minimum absolute atomic E-state index is 0.0776. The third-order valence-electron chi connectivity index (χ3n) is 2.93. The first-order valence-electron chi connectivity index (χ1n) is 6.82. The van der Waals surface area contributed by atoms with Crippen molar-refractivity contribution in [2.45, 2.75) is 37.1 Å². The summed E-state index contributed by atoms with van der Waals surface area (Å²) in [4.78, 5) is 0. The van der Waals surface area contributed by atoms with Gasteiger partial charge in [-0.1, -0.05) is 0 Å². The molecule has 0 aliphatic carbocycles. The minimum Gasteiger partial charge on any atom is -0.237 e. The van der Waals surface area contributed by atoms with E-state index in [1.54, 1.807) is 0 Å². The summed E-state index contributed by atoms with van der Waals surface area (Å²) in [5.41, 5.74) is -10.8. The van der Waals surface area contributed by atoms with E-state index in [1.165, 1.54) is 32.7 Å². The van der Waals surface area contributed by atoms with Gasteiger partial charge in [0.15, 0.2) is 6.67 Å². The predicted molar refractivity (Wildman–Crippen MR) is 74.9 cm³/mol. The van der Waals surface area contributed by atoms with E-state index in [4.69, 9.17) is 0 Å². The molecule has 0 radical (unpaired) electrons. The van der Waals surface area contributed by atoms with Gasteiger partial charge in [-0.25, -0.2) is 30.7 Å². The van der Waals surface area contributed by atoms with Crippen LogP contribution in [0.25, 0.3) is 0 Å². The van der Waals surface area contributed by atoms with E-state index in [0.29, 0.717) is 0 Å². The van der Waals surface area contributed by atoms with Gasteiger partial charge in [-0.3, -0.25) is 0 Å². The summed E-state index contributed by atoms with van der Waals surface area (Å²) >= 11 is 0. The Morgan fingerprint density at radius 2 is 1.42 bits per heavy atom. The molecule has 16 heteroatoms. The van der Waals surface area contributed by atoms with Crippen LogP contribution in [0.1, 0.15) is 12.8 Å². The number of aromatic nitrogens is 2. The van der Waals surface area contributed by atoms with E-state index in [2.05, 4.69) is 0 Å². The molecule has 1 rings (SSSR count). The van der Waals surface area contributed by atoms with Gasteiger partial charge in [0.25, 0.3) is 0 Å². The van der Waals surface area contributed by atoms with Crippen molar-refractivity contribution < 1.29 is 47.7 Å². The Morgan fingerprint density at radius 1 is 0.885 bits per heavy atom. The number of rotatable bonds is 9. The molecule has 0 saturated carbocycles. The highest BCUT2D eigenvalue weighted by atomic mass is 32.2. The van der Waals surface area contributed by atoms with Gasteiger partial charge in [-0.05, 0) is 12.8 Å². The van der Waals surface area contributed by atoms with Crippen LogP contribution in [-0.2, 0) is 33.3 Å². The zero-order chi connectivity index (χ0) is 20.2. The summed E-state index contributed by atoms with van der Waals surface area (Å²) in [5.74, 6) is 0. The molecule has 2 N–H and O–H groups in total. The lowest BCUT2D eigenvalue weighted by Crippen LogP contribution is -2.46. The fraction of sp³-hybridized carbons (Fsp3) is 0.700. The van der Waals surface area contributed by atoms with E-state index in [0.717, 1.165) is 4.57 Å². The molecule has 0 aliphatic rings. The van der Waals surface area contributed by atoms with Crippen LogP contribution in [0.3, 0.4) is 0 Å². The van der Waals surface area contributed by atoms with E-state index in [9.17, 15) is 43.2 Å². The average Bonchev–Trinajstić information content (AvgIpc) is 2.90. The zero-order valence-corrected chi connectivity index (χ0v) is 14.5. The average molecular weight is 433 g/mol. The Morgan fingerprint density at radius 3 is 1.96 bits per heavy atom. The van der Waals surface area contributed by atoms with Crippen molar-refractivity contribution in [1.29, 1.82) is 0 Å². The Labute approximate surface area is 144 Å². The Balaban J connectivity index is 2.39. The van der Waals surface area contributed by atoms with Crippen LogP contribution in [-0.4, -0.2) is 39.0 Å². The lowest BCUT2D eigenvalue weighted by Gasteiger charge is -2.08. The standard InChI is InChI=1S/C10H15F6N4O4S2/c11-9(12,13)25(21,22)17-3-1-2-4-19-5-6-20(8-19)7-18-26(23,24)10(14,15)16/h5-6,8,17-18H,1-4,7H2/q+1. The zero-order valence-electron chi connectivity index (χ0n) is 12.9. The number of imidazole rings is 1. The lowest BCUT2D eigenvalue weighted by molar-refractivity contribution is -0.698. The highest BCUT2D eigenvalue weighted by Crippen LogP contribution is 2.22. The fourth-order valence-electron chi connectivity index (χ4n) is 1.61. The molecule has 26 heavy (non-hydrogen) atoms. The van der Waals surface area contributed by atoms with Crippen LogP contribution in [0.15, 0.2) is 18.7 Å². The molecular weight excluding hydrogens is 418 g/mol. The number of unbranched alkanes of at least 4 members (excludes halogenated alkanes) is 1. The van der Waals surface area contributed by atoms with Crippen LogP contribution < -0.4 is 14.0 Å². The van der Waals surface area contributed by atoms with Crippen LogP contribution >= 0.6 is 0 Å². The number of hydrogen-bond acceptors (Lipinski definition) is 4. The molecule has 8 nitrogen and oxygen atoms in total. The topological polar surface area (TPSA) is 101 Å². The summed E-state index contributed by atoms with van der Waals surface area (Å²) in [7, 11) is -10.9. The number of sulfonamides is 2. The van der Waals surface area contributed by atoms with Gasteiger partial charge in [0.2, 0.25) is 6.33 Å². The first kappa shape index (κ1) is 22.7. The second-order valence-electron chi connectivity index (χ2n) is 4.97. The number of alkyl halides is 6. The first-order chi connectivity index (χ1) is 11.7. The second-order valence-corrected chi connectivity index (χ2v) is 8.48. The van der Waals surface area contributed by atoms with Gasteiger partial charge in [-0.15, -0.1) is 0 Å². The molecule has 152 valence electrons. The largest absolute Gasteiger partial charge is 0.511 e. The van der Waals surface area contributed by atoms with Crippen molar-refractivity contribution in [3.63, 3.8) is 0 Å². The molecule has 0 aromatic carbocycles. The minimum atomic E-state index is -5.47. The van der Waals surface area contributed by atoms with Crippen LogP contribution in [0.5, 0.6) is 0 Å². The number of hydrogen-bond donors (Lipinski definition) is 2. The van der Waals surface area contributed by atoms with Gasteiger partial charge >= 0.3 is 31.1 Å². The fourth-order valence-corrected chi connectivity index (χ4v) is 2.67. The van der Waals surface area contributed by atoms with Gasteiger partial charge in [0.1, 0.15) is 12.4 Å². The van der Waals surface area contributed by atoms with E-state index in [-0.39, 0.29) is 19.4 Å². The Kier molecular flexibility index (Phi) is 7.05. The van der Waals surface area contributed by atoms with Crippen molar-refractivity contribution in [1.82, 2.24) is 14.0 Å². The highest BCUT2D eigenvalue weighted by molar-refractivity contribution is 7.90. The maximum atomic E-state index is 12.2. The number of aryl methyl sites for hydroxylation is 1. The number of nitrogens with zero attached hydrogens (tertiary/aromatic N) is 2. The van der Waals surface area contributed by atoms with Crippen LogP contribution in [0.2, 0.25) is 0 Å². The molecule has 0 aliphatic heterocycles. The van der Waals surface area contributed by atoms with Crippen molar-refractivity contribution in [2.24, 2.45) is 0 Å². The van der Waals surface area contributed by atoms with E-state index >= 15 is 0 Å². The summed E-state index contributed by atoms with van der Waals surface area (Å²) < 4.78 is 121. The summed E-state index contributed by atoms with van der Waals surface area (Å²) in [6.07, 6.45) is 4.31. The van der Waals surface area contributed by atoms with Crippen molar-refractivity contribution in [3.8, 4) is 0 Å². The van der Waals surface area contributed by atoms with Gasteiger partial charge in [0.05, 0.1) is 6.54 Å². The molecule has 0 fully saturated rings. The third kappa shape index (κ3) is 6.40. The molecule has 0 atom stereocenters. The summed E-state index contributed by atoms with van der Waals surface area (Å²) in [6, 6.07) is 0. The molecule has 0 unspecified atom stereocenters. The molecule has 1 aromatic heterocycles. The second kappa shape index (κ2) is 8.10. The lowest BCUT2D eigenvalue weighted by atomic mass is 10.3. The van der Waals surface area contributed by atoms with E-state index < -0.39 is 44.3 Å². The van der Waals surface area contributed by atoms with Gasteiger partial charge in [-0.2, -0.15) is 31.1 Å². The first-order valence-corrected chi connectivity index (χ1v) is 9.79. The van der Waals surface area contributed by atoms with Crippen molar-refractivity contribution in [3.05, 3.63) is 18.7 Å².